The zero-order valence-corrected chi connectivity index (χ0v) is 25.4. The fourth-order valence-corrected chi connectivity index (χ4v) is 7.23. The number of likely N-dealkylation sites (tertiary alicyclic amines) is 1. The molecular formula is C30H40ClN5O4S. The Morgan fingerprint density at radius 1 is 1.24 bits per heavy atom. The number of nitrogens with zero attached hydrogens (tertiary/aromatic N) is 2. The molecule has 3 aliphatic heterocycles. The molecule has 5 rings (SSSR count). The summed E-state index contributed by atoms with van der Waals surface area (Å²) in [6.45, 7) is 6.86. The molecule has 2 aromatic rings. The second-order valence-electron chi connectivity index (χ2n) is 12.0. The van der Waals surface area contributed by atoms with E-state index in [4.69, 9.17) is 16.3 Å². The second kappa shape index (κ2) is 13.2. The number of amides is 3. The maximum Gasteiger partial charge on any atom is 0.242 e. The number of ether oxygens (including phenoxy) is 1. The molecule has 1 aromatic carbocycles. The zero-order chi connectivity index (χ0) is 29.0. The van der Waals surface area contributed by atoms with Gasteiger partial charge in [-0.3, -0.25) is 19.3 Å². The number of anilines is 1. The molecule has 0 bridgehead atoms. The molecule has 2 saturated heterocycles. The highest BCUT2D eigenvalue weighted by atomic mass is 35.5. The molecule has 0 saturated carbocycles. The molecule has 1 aromatic heterocycles. The first-order valence-corrected chi connectivity index (χ1v) is 15.8. The average molecular weight is 602 g/mol. The minimum Gasteiger partial charge on any atom is -0.381 e. The zero-order valence-electron chi connectivity index (χ0n) is 23.8. The van der Waals surface area contributed by atoms with Crippen molar-refractivity contribution < 1.29 is 19.1 Å². The first-order chi connectivity index (χ1) is 19.7. The standard InChI is InChI=1S/C30H40ClN5O4S/c1-19(2)15-24-27(38)32-22-8-14-40-18-20(22)5-3-4-9-30(28(39)33-24)10-12-36(13-11-30)17-26(37)35-29-34-23-7-6-21(31)16-25(23)41-29/h3-4,6-7,16,19-20,22,24H,5,8-15,17-18H2,1-2H3,(H,32,38)(H,33,39)(H,34,35,37)/b4-3+/t20-,22+,24-/m0/s1. The van der Waals surface area contributed by atoms with E-state index >= 15 is 0 Å². The van der Waals surface area contributed by atoms with Crippen molar-refractivity contribution in [3.8, 4) is 0 Å². The van der Waals surface area contributed by atoms with Crippen LogP contribution in [0.4, 0.5) is 5.13 Å². The number of hydrogen-bond acceptors (Lipinski definition) is 7. The number of halogens is 1. The Kier molecular flexibility index (Phi) is 9.63. The summed E-state index contributed by atoms with van der Waals surface area (Å²) in [6.07, 6.45) is 8.29. The molecule has 0 unspecified atom stereocenters. The van der Waals surface area contributed by atoms with Crippen LogP contribution in [-0.4, -0.2) is 72.5 Å². The summed E-state index contributed by atoms with van der Waals surface area (Å²) in [5.74, 6) is 0.182. The van der Waals surface area contributed by atoms with Gasteiger partial charge in [0.05, 0.1) is 28.8 Å². The molecule has 0 radical (unpaired) electrons. The van der Waals surface area contributed by atoms with Crippen LogP contribution in [0.25, 0.3) is 10.2 Å². The van der Waals surface area contributed by atoms with Crippen LogP contribution in [0.15, 0.2) is 30.4 Å². The molecule has 3 N–H and O–H groups in total. The van der Waals surface area contributed by atoms with E-state index in [2.05, 4.69) is 51.8 Å². The third-order valence-corrected chi connectivity index (χ3v) is 9.67. The van der Waals surface area contributed by atoms with Crippen molar-refractivity contribution in [3.63, 3.8) is 0 Å². The molecule has 1 spiro atoms. The van der Waals surface area contributed by atoms with Gasteiger partial charge in [-0.1, -0.05) is 48.9 Å². The highest BCUT2D eigenvalue weighted by Gasteiger charge is 2.42. The number of hydrogen-bond donors (Lipinski definition) is 3. The lowest BCUT2D eigenvalue weighted by Crippen LogP contribution is -2.57. The molecular weight excluding hydrogens is 562 g/mol. The molecule has 222 valence electrons. The quantitative estimate of drug-likeness (QED) is 0.439. The monoisotopic (exact) mass is 601 g/mol. The van der Waals surface area contributed by atoms with Crippen molar-refractivity contribution in [1.82, 2.24) is 20.5 Å². The molecule has 2 fully saturated rings. The van der Waals surface area contributed by atoms with Gasteiger partial charge in [-0.2, -0.15) is 0 Å². The van der Waals surface area contributed by atoms with Crippen LogP contribution in [0.1, 0.15) is 52.4 Å². The lowest BCUT2D eigenvalue weighted by atomic mass is 9.74. The van der Waals surface area contributed by atoms with Crippen LogP contribution < -0.4 is 16.0 Å². The lowest BCUT2D eigenvalue weighted by Gasteiger charge is -2.41. The van der Waals surface area contributed by atoms with Crippen LogP contribution in [0, 0.1) is 17.3 Å². The number of fused-ring (bicyclic) bond motifs is 2. The molecule has 41 heavy (non-hydrogen) atoms. The smallest absolute Gasteiger partial charge is 0.242 e. The van der Waals surface area contributed by atoms with Gasteiger partial charge in [0.2, 0.25) is 17.7 Å². The van der Waals surface area contributed by atoms with Gasteiger partial charge in [0.1, 0.15) is 6.04 Å². The van der Waals surface area contributed by atoms with E-state index in [1.54, 1.807) is 6.07 Å². The summed E-state index contributed by atoms with van der Waals surface area (Å²) in [7, 11) is 0. The van der Waals surface area contributed by atoms with Crippen LogP contribution in [0.3, 0.4) is 0 Å². The Morgan fingerprint density at radius 2 is 2.05 bits per heavy atom. The highest BCUT2D eigenvalue weighted by molar-refractivity contribution is 7.22. The molecule has 11 heteroatoms. The molecule has 3 atom stereocenters. The van der Waals surface area contributed by atoms with E-state index in [0.29, 0.717) is 62.1 Å². The van der Waals surface area contributed by atoms with Gasteiger partial charge in [-0.25, -0.2) is 4.98 Å². The fourth-order valence-electron chi connectivity index (χ4n) is 6.07. The van der Waals surface area contributed by atoms with Crippen LogP contribution >= 0.6 is 22.9 Å². The Morgan fingerprint density at radius 3 is 2.83 bits per heavy atom. The third-order valence-electron chi connectivity index (χ3n) is 8.50. The highest BCUT2D eigenvalue weighted by Crippen LogP contribution is 2.37. The maximum absolute atomic E-state index is 13.8. The van der Waals surface area contributed by atoms with Crippen LogP contribution in [-0.2, 0) is 19.1 Å². The average Bonchev–Trinajstić information content (AvgIpc) is 3.32. The molecule has 4 heterocycles. The second-order valence-corrected chi connectivity index (χ2v) is 13.5. The van der Waals surface area contributed by atoms with Gasteiger partial charge in [0.15, 0.2) is 5.13 Å². The number of benzene rings is 1. The predicted molar refractivity (Wildman–Crippen MR) is 162 cm³/mol. The van der Waals surface area contributed by atoms with Crippen LogP contribution in [0.5, 0.6) is 0 Å². The Labute approximate surface area is 250 Å². The summed E-state index contributed by atoms with van der Waals surface area (Å²) in [5, 5.41) is 10.5. The largest absolute Gasteiger partial charge is 0.381 e. The summed E-state index contributed by atoms with van der Waals surface area (Å²) >= 11 is 7.47. The van der Waals surface area contributed by atoms with Crippen molar-refractivity contribution in [3.05, 3.63) is 35.4 Å². The number of piperidine rings is 1. The lowest BCUT2D eigenvalue weighted by molar-refractivity contribution is -0.138. The van der Waals surface area contributed by atoms with Gasteiger partial charge in [-0.15, -0.1) is 0 Å². The number of carbonyl (C=O) groups is 3. The number of rotatable bonds is 5. The first kappa shape index (κ1) is 29.9. The van der Waals surface area contributed by atoms with E-state index in [1.807, 2.05) is 12.1 Å². The Hall–Kier alpha value is -2.53. The Balaban J connectivity index is 1.24. The van der Waals surface area contributed by atoms with Gasteiger partial charge >= 0.3 is 0 Å². The van der Waals surface area contributed by atoms with Gasteiger partial charge in [0.25, 0.3) is 0 Å². The Bertz CT molecular complexity index is 1290. The summed E-state index contributed by atoms with van der Waals surface area (Å²) in [5.41, 5.74) is 0.180. The summed E-state index contributed by atoms with van der Waals surface area (Å²) in [4.78, 5) is 46.7. The number of allylic oxidation sites excluding steroid dienone is 2. The van der Waals surface area contributed by atoms with Crippen LogP contribution in [0.2, 0.25) is 5.02 Å². The number of carbonyl (C=O) groups excluding carboxylic acids is 3. The van der Waals surface area contributed by atoms with E-state index in [1.165, 1.54) is 11.3 Å². The fraction of sp³-hybridized carbons (Fsp3) is 0.600. The van der Waals surface area contributed by atoms with Crippen molar-refractivity contribution in [2.45, 2.75) is 64.5 Å². The van der Waals surface area contributed by atoms with Crippen molar-refractivity contribution in [1.29, 1.82) is 0 Å². The van der Waals surface area contributed by atoms with E-state index in [9.17, 15) is 14.4 Å². The van der Waals surface area contributed by atoms with Gasteiger partial charge in [-0.05, 0) is 75.7 Å². The first-order valence-electron chi connectivity index (χ1n) is 14.6. The van der Waals surface area contributed by atoms with Gasteiger partial charge < -0.3 is 20.7 Å². The summed E-state index contributed by atoms with van der Waals surface area (Å²) < 4.78 is 6.64. The maximum atomic E-state index is 13.8. The molecule has 3 aliphatic rings. The van der Waals surface area contributed by atoms with Crippen molar-refractivity contribution in [2.24, 2.45) is 17.3 Å². The normalized spacial score (nSPS) is 26.5. The molecule has 3 amide bonds. The van der Waals surface area contributed by atoms with Crippen molar-refractivity contribution in [2.75, 3.05) is 38.2 Å². The summed E-state index contributed by atoms with van der Waals surface area (Å²) in [6, 6.07) is 4.94. The van der Waals surface area contributed by atoms with Gasteiger partial charge in [0, 0.05) is 23.6 Å². The van der Waals surface area contributed by atoms with E-state index in [-0.39, 0.29) is 42.1 Å². The number of aromatic nitrogens is 1. The molecule has 0 aliphatic carbocycles. The number of nitrogens with one attached hydrogen (secondary N) is 3. The molecule has 9 nitrogen and oxygen atoms in total. The van der Waals surface area contributed by atoms with E-state index < -0.39 is 11.5 Å². The predicted octanol–water partition coefficient (Wildman–Crippen LogP) is 4.37. The number of thiazole rings is 1. The van der Waals surface area contributed by atoms with E-state index in [0.717, 1.165) is 23.1 Å². The third kappa shape index (κ3) is 7.46. The topological polar surface area (TPSA) is 113 Å². The van der Waals surface area contributed by atoms with Crippen molar-refractivity contribution >= 4 is 56.0 Å². The minimum atomic E-state index is -0.618. The minimum absolute atomic E-state index is 0.0517. The SMILES string of the molecule is CC(C)C[C@@H]1NC(=O)C2(C/C=C/C[C@H]3COCC[C@H]3NC1=O)CCN(CC(=O)Nc1nc3ccc(Cl)cc3s1)CC2.